The minimum absolute atomic E-state index is 0.136. The first-order valence-electron chi connectivity index (χ1n) is 10.9. The third-order valence-electron chi connectivity index (χ3n) is 5.61. The van der Waals surface area contributed by atoms with Crippen molar-refractivity contribution in [2.75, 3.05) is 13.1 Å². The summed E-state index contributed by atoms with van der Waals surface area (Å²) in [5.74, 6) is -0.507. The summed E-state index contributed by atoms with van der Waals surface area (Å²) in [4.78, 5) is 37.7. The molecule has 0 saturated carbocycles. The van der Waals surface area contributed by atoms with Crippen molar-refractivity contribution in [3.8, 4) is 16.9 Å². The van der Waals surface area contributed by atoms with Crippen LogP contribution >= 0.6 is 0 Å². The zero-order valence-corrected chi connectivity index (χ0v) is 18.1. The van der Waals surface area contributed by atoms with E-state index in [2.05, 4.69) is 12.2 Å². The van der Waals surface area contributed by atoms with Gasteiger partial charge in [-0.25, -0.2) is 4.68 Å². The number of hydrogen-bond acceptors (Lipinski definition) is 4. The molecule has 7 heteroatoms. The van der Waals surface area contributed by atoms with E-state index >= 15 is 0 Å². The number of imide groups is 1. The molecule has 0 radical (unpaired) electrons. The van der Waals surface area contributed by atoms with Crippen LogP contribution in [-0.2, 0) is 16.0 Å². The normalized spacial score (nSPS) is 13.6. The summed E-state index contributed by atoms with van der Waals surface area (Å²) in [6.07, 6.45) is 3.75. The van der Waals surface area contributed by atoms with Gasteiger partial charge in [0.15, 0.2) is 0 Å². The summed E-state index contributed by atoms with van der Waals surface area (Å²) in [5.41, 5.74) is 4.04. The molecule has 7 nitrogen and oxygen atoms in total. The maximum Gasteiger partial charge on any atom is 0.255 e. The zero-order valence-electron chi connectivity index (χ0n) is 18.1. The number of nitrogens with zero attached hydrogens (tertiary/aromatic N) is 3. The van der Waals surface area contributed by atoms with Crippen molar-refractivity contribution < 1.29 is 14.4 Å². The number of amides is 3. The Morgan fingerprint density at radius 3 is 2.34 bits per heavy atom. The lowest BCUT2D eigenvalue weighted by molar-refractivity contribution is -0.138. The van der Waals surface area contributed by atoms with Gasteiger partial charge in [0, 0.05) is 37.7 Å². The third-order valence-corrected chi connectivity index (χ3v) is 5.61. The fraction of sp³-hybridized carbons (Fsp3) is 0.280. The molecule has 1 aliphatic heterocycles. The molecule has 2 aromatic carbocycles. The molecular formula is C25H26N4O3. The maximum absolute atomic E-state index is 13.0. The molecule has 4 rings (SSSR count). The first-order chi connectivity index (χ1) is 15.6. The molecule has 1 aromatic heterocycles. The van der Waals surface area contributed by atoms with Crippen molar-refractivity contribution in [1.82, 2.24) is 20.0 Å². The zero-order chi connectivity index (χ0) is 22.5. The number of nitrogens with one attached hydrogen (secondary N) is 1. The van der Waals surface area contributed by atoms with Gasteiger partial charge in [-0.2, -0.15) is 5.10 Å². The lowest BCUT2D eigenvalue weighted by atomic mass is 10.0. The van der Waals surface area contributed by atoms with E-state index in [0.29, 0.717) is 30.8 Å². The maximum atomic E-state index is 13.0. The second kappa shape index (κ2) is 9.60. The SMILES string of the molecule is CCc1ccc(-c2nn(-c3ccccc3)cc2C(=O)NCCCN2C(=O)CCC2=O)cc1. The molecule has 0 bridgehead atoms. The van der Waals surface area contributed by atoms with E-state index in [9.17, 15) is 14.4 Å². The number of aryl methyl sites for hydroxylation is 1. The van der Waals surface area contributed by atoms with Crippen LogP contribution in [0.2, 0.25) is 0 Å². The Balaban J connectivity index is 1.51. The Kier molecular flexibility index (Phi) is 6.44. The van der Waals surface area contributed by atoms with Crippen molar-refractivity contribution in [2.24, 2.45) is 0 Å². The largest absolute Gasteiger partial charge is 0.352 e. The van der Waals surface area contributed by atoms with Gasteiger partial charge in [0.1, 0.15) is 5.69 Å². The molecular weight excluding hydrogens is 404 g/mol. The first kappa shape index (κ1) is 21.5. The number of rotatable bonds is 8. The first-order valence-corrected chi connectivity index (χ1v) is 10.9. The van der Waals surface area contributed by atoms with Gasteiger partial charge in [-0.15, -0.1) is 0 Å². The molecule has 164 valence electrons. The molecule has 1 fully saturated rings. The van der Waals surface area contributed by atoms with E-state index in [0.717, 1.165) is 17.7 Å². The average molecular weight is 431 g/mol. The Labute approximate surface area is 187 Å². The van der Waals surface area contributed by atoms with Gasteiger partial charge in [0.05, 0.1) is 11.3 Å². The standard InChI is InChI=1S/C25H26N4O3/c1-2-18-9-11-19(12-10-18)24-21(17-29(27-24)20-7-4-3-5-8-20)25(32)26-15-6-16-28-22(30)13-14-23(28)31/h3-5,7-12,17H,2,6,13-16H2,1H3,(H,26,32). The molecule has 0 unspecified atom stereocenters. The van der Waals surface area contributed by atoms with Crippen molar-refractivity contribution in [3.05, 3.63) is 71.9 Å². The Bertz CT molecular complexity index is 1100. The molecule has 1 N–H and O–H groups in total. The summed E-state index contributed by atoms with van der Waals surface area (Å²) in [7, 11) is 0. The number of para-hydroxylation sites is 1. The summed E-state index contributed by atoms with van der Waals surface area (Å²) < 4.78 is 1.71. The predicted molar refractivity (Wildman–Crippen MR) is 121 cm³/mol. The van der Waals surface area contributed by atoms with Crippen LogP contribution in [0.1, 0.15) is 42.1 Å². The molecule has 3 amide bonds. The number of carbonyl (C=O) groups excluding carboxylic acids is 3. The van der Waals surface area contributed by atoms with Gasteiger partial charge in [0.2, 0.25) is 11.8 Å². The highest BCUT2D eigenvalue weighted by Crippen LogP contribution is 2.24. The Hall–Kier alpha value is -3.74. The molecule has 32 heavy (non-hydrogen) atoms. The highest BCUT2D eigenvalue weighted by Gasteiger charge is 2.28. The minimum Gasteiger partial charge on any atom is -0.352 e. The quantitative estimate of drug-likeness (QED) is 0.439. The lowest BCUT2D eigenvalue weighted by Crippen LogP contribution is -2.33. The van der Waals surface area contributed by atoms with Gasteiger partial charge in [-0.05, 0) is 30.5 Å². The van der Waals surface area contributed by atoms with E-state index in [-0.39, 0.29) is 30.6 Å². The topological polar surface area (TPSA) is 84.3 Å². The number of carbonyl (C=O) groups is 3. The van der Waals surface area contributed by atoms with Gasteiger partial charge in [0.25, 0.3) is 5.91 Å². The lowest BCUT2D eigenvalue weighted by Gasteiger charge is -2.13. The summed E-state index contributed by atoms with van der Waals surface area (Å²) in [5, 5.41) is 7.61. The number of benzene rings is 2. The molecule has 2 heterocycles. The van der Waals surface area contributed by atoms with Crippen LogP contribution < -0.4 is 5.32 Å². The predicted octanol–water partition coefficient (Wildman–Crippen LogP) is 3.37. The third kappa shape index (κ3) is 4.61. The minimum atomic E-state index is -0.235. The molecule has 0 aliphatic carbocycles. The Morgan fingerprint density at radius 1 is 1.00 bits per heavy atom. The number of hydrogen-bond donors (Lipinski definition) is 1. The van der Waals surface area contributed by atoms with Crippen LogP contribution in [0, 0.1) is 0 Å². The van der Waals surface area contributed by atoms with Crippen LogP contribution in [0.4, 0.5) is 0 Å². The van der Waals surface area contributed by atoms with Crippen LogP contribution in [-0.4, -0.2) is 45.5 Å². The highest BCUT2D eigenvalue weighted by molar-refractivity contribution is 6.02. The monoisotopic (exact) mass is 430 g/mol. The van der Waals surface area contributed by atoms with Crippen molar-refractivity contribution in [3.63, 3.8) is 0 Å². The van der Waals surface area contributed by atoms with Crippen LogP contribution in [0.25, 0.3) is 16.9 Å². The van der Waals surface area contributed by atoms with E-state index < -0.39 is 0 Å². The molecule has 3 aromatic rings. The number of likely N-dealkylation sites (tertiary alicyclic amines) is 1. The van der Waals surface area contributed by atoms with E-state index in [1.54, 1.807) is 10.9 Å². The van der Waals surface area contributed by atoms with E-state index in [1.807, 2.05) is 54.6 Å². The average Bonchev–Trinajstić information content (AvgIpc) is 3.41. The van der Waals surface area contributed by atoms with Crippen molar-refractivity contribution in [2.45, 2.75) is 32.6 Å². The molecule has 0 atom stereocenters. The summed E-state index contributed by atoms with van der Waals surface area (Å²) >= 11 is 0. The van der Waals surface area contributed by atoms with E-state index in [4.69, 9.17) is 5.10 Å². The fourth-order valence-electron chi connectivity index (χ4n) is 3.77. The van der Waals surface area contributed by atoms with Gasteiger partial charge < -0.3 is 5.32 Å². The molecule has 1 aliphatic rings. The van der Waals surface area contributed by atoms with Gasteiger partial charge >= 0.3 is 0 Å². The van der Waals surface area contributed by atoms with E-state index in [1.165, 1.54) is 10.5 Å². The molecule has 1 saturated heterocycles. The summed E-state index contributed by atoms with van der Waals surface area (Å²) in [6.45, 7) is 2.79. The number of aromatic nitrogens is 2. The van der Waals surface area contributed by atoms with Crippen LogP contribution in [0.3, 0.4) is 0 Å². The second-order valence-electron chi connectivity index (χ2n) is 7.77. The van der Waals surface area contributed by atoms with Crippen LogP contribution in [0.5, 0.6) is 0 Å². The second-order valence-corrected chi connectivity index (χ2v) is 7.77. The van der Waals surface area contributed by atoms with Crippen molar-refractivity contribution in [1.29, 1.82) is 0 Å². The van der Waals surface area contributed by atoms with Gasteiger partial charge in [-0.3, -0.25) is 19.3 Å². The van der Waals surface area contributed by atoms with Crippen LogP contribution in [0.15, 0.2) is 60.8 Å². The van der Waals surface area contributed by atoms with Crippen molar-refractivity contribution >= 4 is 17.7 Å². The fourth-order valence-corrected chi connectivity index (χ4v) is 3.77. The smallest absolute Gasteiger partial charge is 0.255 e. The highest BCUT2D eigenvalue weighted by atomic mass is 16.2. The Morgan fingerprint density at radius 2 is 1.69 bits per heavy atom. The molecule has 0 spiro atoms. The summed E-state index contributed by atoms with van der Waals surface area (Å²) in [6, 6.07) is 17.7. The van der Waals surface area contributed by atoms with Gasteiger partial charge in [-0.1, -0.05) is 49.4 Å².